The van der Waals surface area contributed by atoms with Crippen molar-refractivity contribution >= 4 is 15.8 Å². The summed E-state index contributed by atoms with van der Waals surface area (Å²) >= 11 is 0. The highest BCUT2D eigenvalue weighted by Crippen LogP contribution is 2.30. The lowest BCUT2D eigenvalue weighted by atomic mass is 10.1. The van der Waals surface area contributed by atoms with E-state index in [4.69, 9.17) is 5.73 Å². The van der Waals surface area contributed by atoms with Crippen LogP contribution in [0.4, 0.5) is 5.82 Å². The number of nitrogens with zero attached hydrogens (tertiary/aromatic N) is 3. The zero-order chi connectivity index (χ0) is 16.4. The van der Waals surface area contributed by atoms with Gasteiger partial charge in [-0.2, -0.15) is 4.31 Å². The summed E-state index contributed by atoms with van der Waals surface area (Å²) in [7, 11) is -3.73. The van der Waals surface area contributed by atoms with Gasteiger partial charge in [0, 0.05) is 38.2 Å². The highest BCUT2D eigenvalue weighted by molar-refractivity contribution is 7.89. The van der Waals surface area contributed by atoms with Crippen molar-refractivity contribution in [2.75, 3.05) is 25.4 Å². The quantitative estimate of drug-likeness (QED) is 0.857. The summed E-state index contributed by atoms with van der Waals surface area (Å²) in [5.74, 6) is 0.0269. The zero-order valence-corrected chi connectivity index (χ0v) is 13.6. The number of nitrogens with two attached hydrogens (primary N) is 1. The molecule has 2 aromatic heterocycles. The van der Waals surface area contributed by atoms with Crippen LogP contribution < -0.4 is 11.1 Å². The molecule has 0 aliphatic carbocycles. The molecule has 0 amide bonds. The van der Waals surface area contributed by atoms with E-state index in [9.17, 15) is 8.42 Å². The summed E-state index contributed by atoms with van der Waals surface area (Å²) in [4.78, 5) is 8.14. The van der Waals surface area contributed by atoms with Crippen LogP contribution in [0, 0.1) is 6.92 Å². The van der Waals surface area contributed by atoms with Gasteiger partial charge < -0.3 is 11.1 Å². The van der Waals surface area contributed by atoms with E-state index in [0.29, 0.717) is 19.6 Å². The third-order valence-electron chi connectivity index (χ3n) is 3.87. The van der Waals surface area contributed by atoms with Gasteiger partial charge in [0.05, 0.1) is 6.04 Å². The number of hydrogen-bond acceptors (Lipinski definition) is 6. The molecule has 0 bridgehead atoms. The highest BCUT2D eigenvalue weighted by Gasteiger charge is 2.35. The van der Waals surface area contributed by atoms with Crippen molar-refractivity contribution in [1.82, 2.24) is 19.6 Å². The molecule has 2 aromatic rings. The van der Waals surface area contributed by atoms with Crippen molar-refractivity contribution < 1.29 is 8.42 Å². The van der Waals surface area contributed by atoms with E-state index in [0.717, 1.165) is 11.1 Å². The number of rotatable bonds is 3. The van der Waals surface area contributed by atoms with Crippen LogP contribution in [0.15, 0.2) is 41.7 Å². The van der Waals surface area contributed by atoms with Crippen molar-refractivity contribution in [3.8, 4) is 0 Å². The van der Waals surface area contributed by atoms with E-state index in [1.54, 1.807) is 37.6 Å². The van der Waals surface area contributed by atoms with Gasteiger partial charge in [0.1, 0.15) is 10.7 Å². The molecule has 7 nitrogen and oxygen atoms in total. The van der Waals surface area contributed by atoms with Gasteiger partial charge in [-0.1, -0.05) is 6.07 Å². The second-order valence-corrected chi connectivity index (χ2v) is 7.38. The molecular formula is C15H19N5O2S. The molecular weight excluding hydrogens is 314 g/mol. The summed E-state index contributed by atoms with van der Waals surface area (Å²) in [6.45, 7) is 3.29. The van der Waals surface area contributed by atoms with Gasteiger partial charge >= 0.3 is 0 Å². The van der Waals surface area contributed by atoms with Gasteiger partial charge in [-0.25, -0.2) is 13.4 Å². The van der Waals surface area contributed by atoms with Crippen molar-refractivity contribution in [3.63, 3.8) is 0 Å². The topological polar surface area (TPSA) is 101 Å². The van der Waals surface area contributed by atoms with Crippen LogP contribution in [0.2, 0.25) is 0 Å². The Bertz CT molecular complexity index is 795. The molecule has 0 saturated carbocycles. The number of piperazine rings is 1. The molecule has 1 aliphatic heterocycles. The van der Waals surface area contributed by atoms with E-state index in [-0.39, 0.29) is 16.8 Å². The number of aromatic nitrogens is 2. The first-order valence-electron chi connectivity index (χ1n) is 7.35. The summed E-state index contributed by atoms with van der Waals surface area (Å²) in [5, 5.41) is 3.23. The smallest absolute Gasteiger partial charge is 0.247 e. The fourth-order valence-corrected chi connectivity index (χ4v) is 4.48. The summed E-state index contributed by atoms with van der Waals surface area (Å²) in [6.07, 6.45) is 4.92. The number of aryl methyl sites for hydroxylation is 1. The molecule has 1 unspecified atom stereocenters. The normalized spacial score (nSPS) is 19.6. The SMILES string of the molecule is Cc1cnc(N)c(S(=O)(=O)N2CCNCC2c2cccnc2)c1. The number of nitrogens with one attached hydrogen (secondary N) is 1. The second-order valence-electron chi connectivity index (χ2n) is 5.52. The zero-order valence-electron chi connectivity index (χ0n) is 12.8. The van der Waals surface area contributed by atoms with Crippen molar-refractivity contribution in [1.29, 1.82) is 0 Å². The van der Waals surface area contributed by atoms with Crippen molar-refractivity contribution in [2.24, 2.45) is 0 Å². The van der Waals surface area contributed by atoms with Gasteiger partial charge in [0.25, 0.3) is 0 Å². The average Bonchev–Trinajstić information content (AvgIpc) is 2.58. The first-order valence-corrected chi connectivity index (χ1v) is 8.79. The average molecular weight is 333 g/mol. The maximum absolute atomic E-state index is 13.1. The molecule has 1 fully saturated rings. The largest absolute Gasteiger partial charge is 0.383 e. The van der Waals surface area contributed by atoms with Gasteiger partial charge in [0.15, 0.2) is 0 Å². The fraction of sp³-hybridized carbons (Fsp3) is 0.333. The predicted octanol–water partition coefficient (Wildman–Crippen LogP) is 0.702. The number of pyridine rings is 2. The minimum absolute atomic E-state index is 0.0269. The number of nitrogen functional groups attached to an aromatic ring is 1. The molecule has 1 atom stereocenters. The van der Waals surface area contributed by atoms with E-state index in [1.807, 2.05) is 6.07 Å². The van der Waals surface area contributed by atoms with E-state index in [2.05, 4.69) is 15.3 Å². The fourth-order valence-electron chi connectivity index (χ4n) is 2.72. The lowest BCUT2D eigenvalue weighted by Crippen LogP contribution is -2.48. The highest BCUT2D eigenvalue weighted by atomic mass is 32.2. The minimum Gasteiger partial charge on any atom is -0.383 e. The Kier molecular flexibility index (Phi) is 4.29. The van der Waals surface area contributed by atoms with Gasteiger partial charge in [0.2, 0.25) is 10.0 Å². The molecule has 23 heavy (non-hydrogen) atoms. The van der Waals surface area contributed by atoms with E-state index in [1.165, 1.54) is 4.31 Å². The lowest BCUT2D eigenvalue weighted by molar-refractivity contribution is 0.271. The Morgan fingerprint density at radius 3 is 2.96 bits per heavy atom. The monoisotopic (exact) mass is 333 g/mol. The van der Waals surface area contributed by atoms with Gasteiger partial charge in [-0.3, -0.25) is 4.98 Å². The molecule has 1 saturated heterocycles. The molecule has 3 N–H and O–H groups in total. The lowest BCUT2D eigenvalue weighted by Gasteiger charge is -2.35. The molecule has 1 aliphatic rings. The van der Waals surface area contributed by atoms with Crippen molar-refractivity contribution in [3.05, 3.63) is 47.9 Å². The maximum Gasteiger partial charge on any atom is 0.247 e. The Morgan fingerprint density at radius 1 is 1.39 bits per heavy atom. The molecule has 3 heterocycles. The van der Waals surface area contributed by atoms with Crippen LogP contribution in [0.3, 0.4) is 0 Å². The molecule has 8 heteroatoms. The Labute approximate surface area is 135 Å². The minimum atomic E-state index is -3.73. The van der Waals surface area contributed by atoms with Crippen molar-refractivity contribution in [2.45, 2.75) is 17.9 Å². The van der Waals surface area contributed by atoms with E-state index < -0.39 is 10.0 Å². The third kappa shape index (κ3) is 3.05. The third-order valence-corrected chi connectivity index (χ3v) is 5.81. The van der Waals surface area contributed by atoms with Gasteiger partial charge in [-0.15, -0.1) is 0 Å². The molecule has 0 aromatic carbocycles. The van der Waals surface area contributed by atoms with Crippen LogP contribution in [0.1, 0.15) is 17.2 Å². The second kappa shape index (κ2) is 6.23. The number of hydrogen-bond donors (Lipinski definition) is 2. The number of anilines is 1. The Hall–Kier alpha value is -2.03. The molecule has 0 radical (unpaired) electrons. The first-order chi connectivity index (χ1) is 11.0. The first kappa shape index (κ1) is 15.9. The maximum atomic E-state index is 13.1. The van der Waals surface area contributed by atoms with Crippen LogP contribution in [-0.2, 0) is 10.0 Å². The molecule has 122 valence electrons. The standard InChI is InChI=1S/C15H19N5O2S/c1-11-7-14(15(16)19-8-11)23(21,22)20-6-5-18-10-13(20)12-3-2-4-17-9-12/h2-4,7-9,13,18H,5-6,10H2,1H3,(H2,16,19). The van der Waals surface area contributed by atoms with E-state index >= 15 is 0 Å². The Balaban J connectivity index is 2.04. The van der Waals surface area contributed by atoms with Crippen LogP contribution >= 0.6 is 0 Å². The van der Waals surface area contributed by atoms with Crippen LogP contribution in [0.25, 0.3) is 0 Å². The summed E-state index contributed by atoms with van der Waals surface area (Å²) in [6, 6.07) is 4.94. The summed E-state index contributed by atoms with van der Waals surface area (Å²) in [5.41, 5.74) is 7.43. The molecule has 3 rings (SSSR count). The summed E-state index contributed by atoms with van der Waals surface area (Å²) < 4.78 is 27.7. The Morgan fingerprint density at radius 2 is 2.22 bits per heavy atom. The van der Waals surface area contributed by atoms with Gasteiger partial charge in [-0.05, 0) is 30.2 Å². The van der Waals surface area contributed by atoms with Crippen LogP contribution in [0.5, 0.6) is 0 Å². The number of sulfonamides is 1. The predicted molar refractivity (Wildman–Crippen MR) is 87.1 cm³/mol. The van der Waals surface area contributed by atoms with Crippen LogP contribution in [-0.4, -0.2) is 42.3 Å². The molecule has 0 spiro atoms.